The van der Waals surface area contributed by atoms with Gasteiger partial charge in [-0.25, -0.2) is 0 Å². The van der Waals surface area contributed by atoms with E-state index in [0.717, 1.165) is 19.3 Å². The molecule has 0 nitrogen and oxygen atoms in total. The topological polar surface area (TPSA) is 0 Å². The van der Waals surface area contributed by atoms with E-state index in [4.69, 9.17) is 12.8 Å². The van der Waals surface area contributed by atoms with Crippen molar-refractivity contribution in [2.24, 2.45) is 0 Å². The van der Waals surface area contributed by atoms with E-state index in [-0.39, 0.29) is 61.5 Å². The summed E-state index contributed by atoms with van der Waals surface area (Å²) in [6, 6.07) is 0. The Morgan fingerprint density at radius 3 is 1.46 bits per heavy atom. The van der Waals surface area contributed by atoms with Crippen molar-refractivity contribution in [3.8, 4) is 30.6 Å². The minimum atomic E-state index is -0.278. The van der Waals surface area contributed by atoms with Crippen LogP contribution in [0.5, 0.6) is 0 Å². The average molecular weight is 1000 g/mol. The summed E-state index contributed by atoms with van der Waals surface area (Å²) in [5.74, 6) is 6.58. The van der Waals surface area contributed by atoms with Gasteiger partial charge in [0.15, 0.2) is 0 Å². The Kier molecular flexibility index (Phi) is 161. The predicted octanol–water partition coefficient (Wildman–Crippen LogP) is 0.472. The monoisotopic (exact) mass is 1000 g/mol. The molecule has 28 heavy (non-hydrogen) atoms. The Labute approximate surface area is 280 Å². The fraction of sp³-hybridized carbons (Fsp3) is 0.444. The van der Waals surface area contributed by atoms with E-state index >= 15 is 0 Å². The van der Waals surface area contributed by atoms with Crippen LogP contribution in [0.2, 0.25) is 0 Å². The first-order valence-electron chi connectivity index (χ1n) is 6.78. The third-order valence-corrected chi connectivity index (χ3v) is 1.19. The van der Waals surface area contributed by atoms with E-state index in [1.54, 1.807) is 12.8 Å². The van der Waals surface area contributed by atoms with Gasteiger partial charge in [-0.1, -0.05) is 25.0 Å². The van der Waals surface area contributed by atoms with E-state index in [1.807, 2.05) is 0 Å². The summed E-state index contributed by atoms with van der Waals surface area (Å²) in [6.45, 7) is 14.4. The number of unbranched alkanes of at least 4 members (excludes halogenated alkanes) is 2. The second kappa shape index (κ2) is 76.9. The zero-order chi connectivity index (χ0) is 21.5. The van der Waals surface area contributed by atoms with Gasteiger partial charge < -0.3 is 26.2 Å². The number of terminal acetylenes is 2. The third-order valence-electron chi connectivity index (χ3n) is 1.19. The summed E-state index contributed by atoms with van der Waals surface area (Å²) >= 11 is 12.1. The molecule has 0 aromatic rings. The van der Waals surface area contributed by atoms with Crippen molar-refractivity contribution in [2.75, 3.05) is 0 Å². The molecule has 0 N–H and O–H groups in total. The van der Waals surface area contributed by atoms with Crippen molar-refractivity contribution in [2.45, 2.75) is 53.4 Å². The maximum atomic E-state index is 5.85. The predicted molar refractivity (Wildman–Crippen MR) is 155 cm³/mol. The largest absolute Gasteiger partial charge is 1.00 e. The molecule has 0 amide bonds. The molecule has 0 aliphatic carbocycles. The van der Waals surface area contributed by atoms with Crippen LogP contribution in [-0.2, 0) is 14.4 Å². The van der Waals surface area contributed by atoms with Crippen LogP contribution in [0.25, 0.3) is 0 Å². The molecule has 0 unspecified atom stereocenters. The van der Waals surface area contributed by atoms with Crippen LogP contribution in [0.4, 0.5) is 0 Å². The molecule has 0 aliphatic rings. The quantitative estimate of drug-likeness (QED) is 0.0966. The summed E-state index contributed by atoms with van der Waals surface area (Å²) < 4.78 is 0. The average Bonchev–Trinajstić information content (AvgIpc) is 2.49. The molecule has 147 valence electrons. The second-order valence-electron chi connectivity index (χ2n) is 3.60. The van der Waals surface area contributed by atoms with Crippen molar-refractivity contribution in [1.29, 1.82) is 0 Å². The molecule has 10 heteroatoms. The third kappa shape index (κ3) is 232. The Bertz CT molecular complexity index is 330. The van der Waals surface area contributed by atoms with Gasteiger partial charge in [0.25, 0.3) is 0 Å². The van der Waals surface area contributed by atoms with E-state index < -0.39 is 0 Å². The van der Waals surface area contributed by atoms with E-state index in [1.165, 1.54) is 12.0 Å². The van der Waals surface area contributed by atoms with E-state index in [9.17, 15) is 0 Å². The molecule has 0 spiro atoms. The van der Waals surface area contributed by atoms with Gasteiger partial charge >= 0.3 is 171 Å². The first-order valence-corrected chi connectivity index (χ1v) is 29.3. The Morgan fingerprint density at radius 2 is 1.36 bits per heavy atom. The SMILES string of the molecule is C#CC.C#CCCC=C(C)C.[C-]#C[CH2-].[CH2-]CCC.[I][V]([I])[I].[I][V][I].[Li+].[Li+].[Li+]. The number of hydrogen-bond donors (Lipinski definition) is 0. The smallest absolute Gasteiger partial charge is 1.00 e. The fourth-order valence-electron chi connectivity index (χ4n) is 0.444. The van der Waals surface area contributed by atoms with Crippen LogP contribution >= 0.6 is 99.9 Å². The van der Waals surface area contributed by atoms with Crippen LogP contribution in [0.1, 0.15) is 53.4 Å². The summed E-state index contributed by atoms with van der Waals surface area (Å²) in [5.41, 5.74) is 1.35. The minimum Gasteiger partial charge on any atom is 1.00 e. The fourth-order valence-corrected chi connectivity index (χ4v) is 0.444. The van der Waals surface area contributed by atoms with Crippen molar-refractivity contribution in [1.82, 2.24) is 0 Å². The molecule has 0 saturated heterocycles. The number of allylic oxidation sites excluding steroid dienone is 2. The number of halogens is 5. The molecule has 0 aromatic carbocycles. The van der Waals surface area contributed by atoms with Crippen molar-refractivity contribution in [3.05, 3.63) is 31.9 Å². The first-order chi connectivity index (χ1) is 11.7. The molecule has 0 aliphatic heterocycles. The summed E-state index contributed by atoms with van der Waals surface area (Å²) in [4.78, 5) is -0.278. The van der Waals surface area contributed by atoms with Gasteiger partial charge in [0.2, 0.25) is 0 Å². The van der Waals surface area contributed by atoms with Crippen LogP contribution in [-0.4, -0.2) is 0 Å². The van der Waals surface area contributed by atoms with Gasteiger partial charge in [0.1, 0.15) is 0 Å². The molecule has 0 radical (unpaired) electrons. The second-order valence-corrected chi connectivity index (χ2v) is 50.8. The number of hydrogen-bond acceptors (Lipinski definition) is 0. The number of rotatable bonds is 3. The normalized spacial score (nSPS) is 5.57. The van der Waals surface area contributed by atoms with Gasteiger partial charge in [0, 0.05) is 6.42 Å². The zero-order valence-electron chi connectivity index (χ0n) is 18.3. The van der Waals surface area contributed by atoms with Crippen LogP contribution in [0.15, 0.2) is 11.6 Å². The van der Waals surface area contributed by atoms with Gasteiger partial charge in [-0.05, 0) is 27.2 Å². The molecular weight excluding hydrogens is 973 g/mol. The maximum Gasteiger partial charge on any atom is 1.00 e. The maximum absolute atomic E-state index is 5.85. The standard InChI is InChI=1S/C8H12.C4H9.C3H4.C3H2.5HI.3Li.2V/c1-4-5-6-7-8(2)3;1-3-4-2;2*1-3-2;;;;;;;;;;/h1,7H,5-6H2,2-3H3;1,3-4H2,2H3;1H,2H3;1H2;5*1H;;;;;/q;-1;;-2;;;;;;3*+1;+2;+3/p-5. The molecule has 0 saturated carbocycles. The van der Waals surface area contributed by atoms with E-state index in [2.05, 4.69) is 159 Å². The van der Waals surface area contributed by atoms with Gasteiger partial charge in [-0.3, -0.25) is 0 Å². The summed E-state index contributed by atoms with van der Waals surface area (Å²) in [5, 5.41) is 0. The molecular formula is C18H27I5Li3V2. The molecule has 0 bridgehead atoms. The van der Waals surface area contributed by atoms with Crippen molar-refractivity contribution >= 4 is 99.9 Å². The van der Waals surface area contributed by atoms with Crippen LogP contribution in [0.3, 0.4) is 0 Å². The Morgan fingerprint density at radius 1 is 1.14 bits per heavy atom. The summed E-state index contributed by atoms with van der Waals surface area (Å²) in [7, 11) is 0.628. The first kappa shape index (κ1) is 58.6. The minimum absolute atomic E-state index is 0. The zero-order valence-corrected chi connectivity index (χ0v) is 31.8. The Balaban J connectivity index is -0.0000000228. The molecule has 0 atom stereocenters. The summed E-state index contributed by atoms with van der Waals surface area (Å²) in [6.07, 6.45) is 21.8. The van der Waals surface area contributed by atoms with Gasteiger partial charge in [0.05, 0.1) is 0 Å². The van der Waals surface area contributed by atoms with Crippen molar-refractivity contribution < 1.29 is 71.0 Å². The van der Waals surface area contributed by atoms with Gasteiger partial charge in [-0.2, -0.15) is 6.42 Å². The molecule has 0 fully saturated rings. The van der Waals surface area contributed by atoms with Crippen LogP contribution < -0.4 is 56.6 Å². The molecule has 0 rings (SSSR count). The van der Waals surface area contributed by atoms with Crippen molar-refractivity contribution in [3.63, 3.8) is 0 Å². The van der Waals surface area contributed by atoms with Gasteiger partial charge in [-0.15, -0.1) is 24.7 Å². The molecule has 0 heterocycles. The van der Waals surface area contributed by atoms with E-state index in [0.29, 0.717) is 9.47 Å². The molecule has 0 aromatic heterocycles. The van der Waals surface area contributed by atoms with Crippen LogP contribution in [0, 0.1) is 50.9 Å². The Hall–Kier alpha value is 4.90.